The topological polar surface area (TPSA) is 78.2 Å². The SMILES string of the molecule is C=CN=C(C=C)n1cnn(CC(CN)=C(F)F)c1=O. The molecular weight excluding hydrogens is 256 g/mol. The van der Waals surface area contributed by atoms with Crippen LogP contribution in [0.5, 0.6) is 0 Å². The van der Waals surface area contributed by atoms with Crippen molar-refractivity contribution in [3.05, 3.63) is 53.9 Å². The lowest BCUT2D eigenvalue weighted by Crippen LogP contribution is -2.30. The summed E-state index contributed by atoms with van der Waals surface area (Å²) < 4.78 is 26.9. The lowest BCUT2D eigenvalue weighted by molar-refractivity contribution is 0.400. The van der Waals surface area contributed by atoms with Crippen molar-refractivity contribution in [2.75, 3.05) is 6.54 Å². The van der Waals surface area contributed by atoms with Crippen LogP contribution in [0.3, 0.4) is 0 Å². The van der Waals surface area contributed by atoms with Gasteiger partial charge in [-0.25, -0.2) is 19.0 Å². The Morgan fingerprint density at radius 3 is 2.68 bits per heavy atom. The Labute approximate surface area is 107 Å². The Kier molecular flexibility index (Phi) is 5.07. The van der Waals surface area contributed by atoms with Gasteiger partial charge in [0.2, 0.25) is 0 Å². The maximum absolute atomic E-state index is 12.5. The number of nitrogens with zero attached hydrogens (tertiary/aromatic N) is 4. The zero-order valence-electron chi connectivity index (χ0n) is 10.1. The summed E-state index contributed by atoms with van der Waals surface area (Å²) in [6.45, 7) is 6.16. The highest BCUT2D eigenvalue weighted by Crippen LogP contribution is 2.07. The van der Waals surface area contributed by atoms with Crippen molar-refractivity contribution < 1.29 is 8.78 Å². The molecule has 6 nitrogen and oxygen atoms in total. The van der Waals surface area contributed by atoms with Crippen molar-refractivity contribution in [3.63, 3.8) is 0 Å². The number of halogens is 2. The molecule has 1 rings (SSSR count). The number of nitrogens with two attached hydrogens (primary N) is 1. The van der Waals surface area contributed by atoms with Gasteiger partial charge in [-0.1, -0.05) is 13.2 Å². The molecule has 0 atom stereocenters. The summed E-state index contributed by atoms with van der Waals surface area (Å²) in [4.78, 5) is 15.7. The molecular formula is C11H13F2N5O. The third-order valence-corrected chi connectivity index (χ3v) is 2.24. The van der Waals surface area contributed by atoms with Gasteiger partial charge < -0.3 is 5.73 Å². The number of hydrogen-bond donors (Lipinski definition) is 1. The standard InChI is InChI=1S/C11H13F2N5O/c1-3-9(15-4-2)17-7-16-18(11(17)19)6-8(5-14)10(12)13/h3-4,7H,1-2,5-6,14H2. The van der Waals surface area contributed by atoms with E-state index >= 15 is 0 Å². The second-order valence-electron chi connectivity index (χ2n) is 3.38. The van der Waals surface area contributed by atoms with E-state index in [4.69, 9.17) is 5.73 Å². The van der Waals surface area contributed by atoms with Gasteiger partial charge in [0.05, 0.1) is 6.54 Å². The second-order valence-corrected chi connectivity index (χ2v) is 3.38. The minimum atomic E-state index is -1.91. The van der Waals surface area contributed by atoms with Gasteiger partial charge in [-0.3, -0.25) is 0 Å². The van der Waals surface area contributed by atoms with E-state index in [2.05, 4.69) is 23.2 Å². The van der Waals surface area contributed by atoms with Crippen LogP contribution in [-0.2, 0) is 6.54 Å². The zero-order chi connectivity index (χ0) is 14.4. The first kappa shape index (κ1) is 14.7. The van der Waals surface area contributed by atoms with Gasteiger partial charge >= 0.3 is 5.69 Å². The average Bonchev–Trinajstić information content (AvgIpc) is 2.74. The molecule has 1 heterocycles. The van der Waals surface area contributed by atoms with E-state index in [1.165, 1.54) is 12.3 Å². The highest BCUT2D eigenvalue weighted by Gasteiger charge is 2.12. The third kappa shape index (κ3) is 3.32. The minimum absolute atomic E-state index is 0.199. The van der Waals surface area contributed by atoms with Crippen molar-refractivity contribution in [2.24, 2.45) is 10.7 Å². The van der Waals surface area contributed by atoms with E-state index in [-0.39, 0.29) is 24.5 Å². The first-order valence-electron chi connectivity index (χ1n) is 5.24. The van der Waals surface area contributed by atoms with Crippen LogP contribution in [0.25, 0.3) is 0 Å². The third-order valence-electron chi connectivity index (χ3n) is 2.24. The van der Waals surface area contributed by atoms with Crippen LogP contribution in [0.1, 0.15) is 0 Å². The summed E-state index contributed by atoms with van der Waals surface area (Å²) in [6.07, 6.45) is 1.81. The Morgan fingerprint density at radius 1 is 1.53 bits per heavy atom. The lowest BCUT2D eigenvalue weighted by Gasteiger charge is -2.02. The predicted molar refractivity (Wildman–Crippen MR) is 68.0 cm³/mol. The number of aromatic nitrogens is 3. The van der Waals surface area contributed by atoms with E-state index in [1.807, 2.05) is 0 Å². The molecule has 0 amide bonds. The van der Waals surface area contributed by atoms with Crippen LogP contribution in [0, 0.1) is 0 Å². The molecule has 0 fully saturated rings. The molecule has 0 radical (unpaired) electrons. The first-order chi connectivity index (χ1) is 9.04. The van der Waals surface area contributed by atoms with Gasteiger partial charge in [0, 0.05) is 18.3 Å². The monoisotopic (exact) mass is 269 g/mol. The van der Waals surface area contributed by atoms with Gasteiger partial charge in [-0.2, -0.15) is 13.9 Å². The van der Waals surface area contributed by atoms with Crippen LogP contribution < -0.4 is 11.4 Å². The van der Waals surface area contributed by atoms with Gasteiger partial charge in [-0.15, -0.1) is 0 Å². The number of hydrogen-bond acceptors (Lipinski definition) is 4. The summed E-state index contributed by atoms with van der Waals surface area (Å²) in [5, 5.41) is 3.72. The molecule has 1 aromatic heterocycles. The van der Waals surface area contributed by atoms with Crippen molar-refractivity contribution in [1.29, 1.82) is 0 Å². The summed E-state index contributed by atoms with van der Waals surface area (Å²) in [5.41, 5.74) is 4.20. The number of rotatable bonds is 5. The molecule has 0 bridgehead atoms. The largest absolute Gasteiger partial charge is 0.351 e. The van der Waals surface area contributed by atoms with E-state index in [9.17, 15) is 13.6 Å². The lowest BCUT2D eigenvalue weighted by atomic mass is 10.3. The Bertz CT molecular complexity index is 592. The van der Waals surface area contributed by atoms with E-state index < -0.39 is 11.8 Å². The Balaban J connectivity index is 3.16. The van der Waals surface area contributed by atoms with Crippen LogP contribution in [0.4, 0.5) is 8.78 Å². The molecule has 0 aliphatic rings. The maximum Gasteiger partial charge on any atom is 0.351 e. The van der Waals surface area contributed by atoms with E-state index in [1.54, 1.807) is 0 Å². The van der Waals surface area contributed by atoms with Crippen molar-refractivity contribution in [2.45, 2.75) is 6.54 Å². The molecule has 2 N–H and O–H groups in total. The van der Waals surface area contributed by atoms with Crippen molar-refractivity contribution in [1.82, 2.24) is 14.3 Å². The van der Waals surface area contributed by atoms with Crippen LogP contribution >= 0.6 is 0 Å². The molecule has 0 aliphatic carbocycles. The van der Waals surface area contributed by atoms with Crippen molar-refractivity contribution >= 4 is 5.84 Å². The van der Waals surface area contributed by atoms with Gasteiger partial charge in [-0.05, 0) is 6.08 Å². The first-order valence-corrected chi connectivity index (χ1v) is 5.24. The van der Waals surface area contributed by atoms with Crippen LogP contribution in [0.2, 0.25) is 0 Å². The molecule has 0 aromatic carbocycles. The normalized spacial score (nSPS) is 11.2. The summed E-state index contributed by atoms with van der Waals surface area (Å²) in [7, 11) is 0. The Hall–Kier alpha value is -2.35. The molecule has 0 aliphatic heterocycles. The average molecular weight is 269 g/mol. The molecule has 1 aromatic rings. The number of aliphatic imine (C=N–C) groups is 1. The van der Waals surface area contributed by atoms with E-state index in [0.717, 1.165) is 15.6 Å². The minimum Gasteiger partial charge on any atom is -0.327 e. The van der Waals surface area contributed by atoms with E-state index in [0.29, 0.717) is 0 Å². The summed E-state index contributed by atoms with van der Waals surface area (Å²) in [5.74, 6) is 0.199. The number of allylic oxidation sites excluding steroid dienone is 1. The highest BCUT2D eigenvalue weighted by molar-refractivity contribution is 5.94. The quantitative estimate of drug-likeness (QED) is 0.632. The zero-order valence-corrected chi connectivity index (χ0v) is 10.1. The summed E-state index contributed by atoms with van der Waals surface area (Å²) in [6, 6.07) is 0. The maximum atomic E-state index is 12.5. The predicted octanol–water partition coefficient (Wildman–Crippen LogP) is 0.730. The second kappa shape index (κ2) is 6.55. The fourth-order valence-electron chi connectivity index (χ4n) is 1.29. The molecule has 8 heteroatoms. The van der Waals surface area contributed by atoms with Crippen LogP contribution in [-0.4, -0.2) is 26.7 Å². The van der Waals surface area contributed by atoms with Crippen molar-refractivity contribution in [3.8, 4) is 0 Å². The highest BCUT2D eigenvalue weighted by atomic mass is 19.3. The van der Waals surface area contributed by atoms with Crippen LogP contribution in [0.15, 0.2) is 53.2 Å². The fourth-order valence-corrected chi connectivity index (χ4v) is 1.29. The van der Waals surface area contributed by atoms with Gasteiger partial charge in [0.15, 0.2) is 0 Å². The molecule has 0 saturated carbocycles. The molecule has 0 spiro atoms. The van der Waals surface area contributed by atoms with Gasteiger partial charge in [0.1, 0.15) is 12.2 Å². The smallest absolute Gasteiger partial charge is 0.327 e. The summed E-state index contributed by atoms with van der Waals surface area (Å²) >= 11 is 0. The van der Waals surface area contributed by atoms with Gasteiger partial charge in [0.25, 0.3) is 6.08 Å². The molecule has 19 heavy (non-hydrogen) atoms. The molecule has 0 saturated heterocycles. The molecule has 102 valence electrons. The molecule has 0 unspecified atom stereocenters. The Morgan fingerprint density at radius 2 is 2.21 bits per heavy atom. The fraction of sp³-hybridized carbons (Fsp3) is 0.182.